The van der Waals surface area contributed by atoms with Gasteiger partial charge < -0.3 is 5.73 Å². The maximum Gasteiger partial charge on any atom is 0.0950 e. The second-order valence-corrected chi connectivity index (χ2v) is 3.80. The van der Waals surface area contributed by atoms with Crippen LogP contribution < -0.4 is 5.73 Å². The second-order valence-electron chi connectivity index (χ2n) is 2.88. The van der Waals surface area contributed by atoms with E-state index in [-0.39, 0.29) is 0 Å². The maximum atomic E-state index is 5.61. The van der Waals surface area contributed by atoms with Crippen molar-refractivity contribution in [3.63, 3.8) is 0 Å². The van der Waals surface area contributed by atoms with E-state index in [0.29, 0.717) is 5.69 Å². The summed E-state index contributed by atoms with van der Waals surface area (Å²) in [5.74, 6) is 0. The summed E-state index contributed by atoms with van der Waals surface area (Å²) in [5.41, 5.74) is 8.03. The molecule has 1 aromatic heterocycles. The van der Waals surface area contributed by atoms with Gasteiger partial charge in [0.2, 0.25) is 0 Å². The molecule has 0 aliphatic heterocycles. The van der Waals surface area contributed by atoms with Gasteiger partial charge in [0.25, 0.3) is 0 Å². The molecule has 0 saturated heterocycles. The predicted octanol–water partition coefficient (Wildman–Crippen LogP) is 2.49. The monoisotopic (exact) mass is 249 g/mol. The summed E-state index contributed by atoms with van der Waals surface area (Å²) in [7, 11) is 0. The van der Waals surface area contributed by atoms with Crippen molar-refractivity contribution < 1.29 is 0 Å². The number of anilines is 1. The zero-order valence-corrected chi connectivity index (χ0v) is 8.90. The van der Waals surface area contributed by atoms with E-state index in [4.69, 9.17) is 5.73 Å². The summed E-state index contributed by atoms with van der Waals surface area (Å²) in [5, 5.41) is 7.79. The van der Waals surface area contributed by atoms with E-state index in [1.165, 1.54) is 6.20 Å². The molecule has 4 heteroatoms. The number of nitrogens with two attached hydrogens (primary N) is 1. The molecule has 0 unspecified atom stereocenters. The van der Waals surface area contributed by atoms with Crippen molar-refractivity contribution in [2.45, 2.75) is 0 Å². The fraction of sp³-hybridized carbons (Fsp3) is 0. The summed E-state index contributed by atoms with van der Waals surface area (Å²) in [6.45, 7) is 0. The van der Waals surface area contributed by atoms with E-state index >= 15 is 0 Å². The molecule has 0 spiro atoms. The Labute approximate surface area is 90.1 Å². The molecule has 0 fully saturated rings. The Balaban J connectivity index is 2.44. The van der Waals surface area contributed by atoms with Gasteiger partial charge in [0.05, 0.1) is 17.6 Å². The van der Waals surface area contributed by atoms with Crippen LogP contribution in [0.15, 0.2) is 41.0 Å². The lowest BCUT2D eigenvalue weighted by atomic mass is 10.1. The number of halogens is 1. The van der Waals surface area contributed by atoms with Crippen molar-refractivity contribution >= 4 is 21.6 Å². The Morgan fingerprint density at radius 1 is 1.14 bits per heavy atom. The zero-order chi connectivity index (χ0) is 9.97. The first-order valence-electron chi connectivity index (χ1n) is 4.10. The number of nitrogens with zero attached hydrogens (tertiary/aromatic N) is 2. The molecule has 0 aliphatic rings. The van der Waals surface area contributed by atoms with Crippen molar-refractivity contribution in [3.05, 3.63) is 41.0 Å². The van der Waals surface area contributed by atoms with Gasteiger partial charge in [0, 0.05) is 10.0 Å². The summed E-state index contributed by atoms with van der Waals surface area (Å²) >= 11 is 3.37. The fourth-order valence-electron chi connectivity index (χ4n) is 1.14. The Kier molecular flexibility index (Phi) is 2.45. The van der Waals surface area contributed by atoms with Crippen LogP contribution in [0, 0.1) is 0 Å². The van der Waals surface area contributed by atoms with Gasteiger partial charge in [0.1, 0.15) is 0 Å². The third kappa shape index (κ3) is 1.90. The summed E-state index contributed by atoms with van der Waals surface area (Å²) in [6.07, 6.45) is 1.53. The standard InChI is InChI=1S/C10H8BrN3/c11-8-3-1-7(2-4-8)10-5-9(12)6-13-14-10/h1-6H,(H2,12,14). The number of hydrogen-bond acceptors (Lipinski definition) is 3. The highest BCUT2D eigenvalue weighted by Gasteiger charge is 1.99. The van der Waals surface area contributed by atoms with E-state index in [2.05, 4.69) is 26.1 Å². The Bertz CT molecular complexity index is 439. The topological polar surface area (TPSA) is 51.8 Å². The van der Waals surface area contributed by atoms with Gasteiger partial charge in [0.15, 0.2) is 0 Å². The van der Waals surface area contributed by atoms with E-state index in [0.717, 1.165) is 15.7 Å². The molecule has 0 amide bonds. The minimum atomic E-state index is 0.623. The lowest BCUT2D eigenvalue weighted by Gasteiger charge is -2.00. The van der Waals surface area contributed by atoms with Gasteiger partial charge in [-0.1, -0.05) is 28.1 Å². The summed E-state index contributed by atoms with van der Waals surface area (Å²) in [6, 6.07) is 9.65. The highest BCUT2D eigenvalue weighted by molar-refractivity contribution is 9.10. The van der Waals surface area contributed by atoms with Crippen LogP contribution in [0.4, 0.5) is 5.69 Å². The van der Waals surface area contributed by atoms with Crippen LogP contribution in [0.3, 0.4) is 0 Å². The van der Waals surface area contributed by atoms with E-state index in [1.54, 1.807) is 6.07 Å². The third-order valence-electron chi connectivity index (χ3n) is 1.82. The zero-order valence-electron chi connectivity index (χ0n) is 7.31. The molecule has 2 N–H and O–H groups in total. The summed E-state index contributed by atoms with van der Waals surface area (Å²) in [4.78, 5) is 0. The molecule has 14 heavy (non-hydrogen) atoms. The van der Waals surface area contributed by atoms with Crippen molar-refractivity contribution in [2.24, 2.45) is 0 Å². The normalized spacial score (nSPS) is 10.1. The van der Waals surface area contributed by atoms with E-state index < -0.39 is 0 Å². The quantitative estimate of drug-likeness (QED) is 0.845. The molecule has 1 aromatic carbocycles. The van der Waals surface area contributed by atoms with Crippen molar-refractivity contribution in [1.29, 1.82) is 0 Å². The molecular weight excluding hydrogens is 242 g/mol. The lowest BCUT2D eigenvalue weighted by molar-refractivity contribution is 1.04. The number of hydrogen-bond donors (Lipinski definition) is 1. The van der Waals surface area contributed by atoms with Crippen LogP contribution in [-0.4, -0.2) is 10.2 Å². The molecule has 2 aromatic rings. The summed E-state index contributed by atoms with van der Waals surface area (Å²) < 4.78 is 1.04. The minimum Gasteiger partial charge on any atom is -0.397 e. The first-order chi connectivity index (χ1) is 6.75. The SMILES string of the molecule is Nc1cnnc(-c2ccc(Br)cc2)c1. The molecule has 3 nitrogen and oxygen atoms in total. The smallest absolute Gasteiger partial charge is 0.0950 e. The molecule has 0 radical (unpaired) electrons. The highest BCUT2D eigenvalue weighted by atomic mass is 79.9. The lowest BCUT2D eigenvalue weighted by Crippen LogP contribution is -1.91. The highest BCUT2D eigenvalue weighted by Crippen LogP contribution is 2.20. The first-order valence-corrected chi connectivity index (χ1v) is 4.89. The van der Waals surface area contributed by atoms with E-state index in [1.807, 2.05) is 24.3 Å². The predicted molar refractivity (Wildman–Crippen MR) is 59.6 cm³/mol. The van der Waals surface area contributed by atoms with Crippen LogP contribution in [0.2, 0.25) is 0 Å². The molecule has 1 heterocycles. The van der Waals surface area contributed by atoms with Crippen LogP contribution in [0.25, 0.3) is 11.3 Å². The van der Waals surface area contributed by atoms with Crippen LogP contribution in [0.5, 0.6) is 0 Å². The number of benzene rings is 1. The third-order valence-corrected chi connectivity index (χ3v) is 2.34. The Morgan fingerprint density at radius 3 is 2.50 bits per heavy atom. The van der Waals surface area contributed by atoms with Crippen LogP contribution in [-0.2, 0) is 0 Å². The van der Waals surface area contributed by atoms with Crippen molar-refractivity contribution in [2.75, 3.05) is 5.73 Å². The first kappa shape index (κ1) is 9.15. The minimum absolute atomic E-state index is 0.623. The van der Waals surface area contributed by atoms with Crippen molar-refractivity contribution in [3.8, 4) is 11.3 Å². The van der Waals surface area contributed by atoms with Crippen molar-refractivity contribution in [1.82, 2.24) is 10.2 Å². The van der Waals surface area contributed by atoms with Gasteiger partial charge >= 0.3 is 0 Å². The number of rotatable bonds is 1. The molecular formula is C10H8BrN3. The van der Waals surface area contributed by atoms with Gasteiger partial charge in [-0.15, -0.1) is 0 Å². The average molecular weight is 250 g/mol. The Morgan fingerprint density at radius 2 is 1.86 bits per heavy atom. The van der Waals surface area contributed by atoms with E-state index in [9.17, 15) is 0 Å². The molecule has 0 bridgehead atoms. The largest absolute Gasteiger partial charge is 0.397 e. The van der Waals surface area contributed by atoms with Crippen LogP contribution in [0.1, 0.15) is 0 Å². The molecule has 0 atom stereocenters. The average Bonchev–Trinajstić information content (AvgIpc) is 2.19. The molecule has 0 aliphatic carbocycles. The van der Waals surface area contributed by atoms with Gasteiger partial charge in [-0.25, -0.2) is 0 Å². The Hall–Kier alpha value is -1.42. The number of nitrogen functional groups attached to an aromatic ring is 1. The second kappa shape index (κ2) is 3.75. The van der Waals surface area contributed by atoms with Gasteiger partial charge in [-0.2, -0.15) is 10.2 Å². The molecule has 70 valence electrons. The molecule has 2 rings (SSSR count). The maximum absolute atomic E-state index is 5.61. The number of aromatic nitrogens is 2. The van der Waals surface area contributed by atoms with Gasteiger partial charge in [-0.3, -0.25) is 0 Å². The van der Waals surface area contributed by atoms with Gasteiger partial charge in [-0.05, 0) is 18.2 Å². The molecule has 0 saturated carbocycles. The fourth-order valence-corrected chi connectivity index (χ4v) is 1.41. The van der Waals surface area contributed by atoms with Crippen LogP contribution >= 0.6 is 15.9 Å².